The van der Waals surface area contributed by atoms with Crippen molar-refractivity contribution in [2.24, 2.45) is 5.16 Å². The number of nitrogens with zero attached hydrogens (tertiary/aromatic N) is 1. The molecule has 0 saturated carbocycles. The predicted octanol–water partition coefficient (Wildman–Crippen LogP) is 1.97. The van der Waals surface area contributed by atoms with Gasteiger partial charge in [0.25, 0.3) is 5.91 Å². The normalized spacial score (nSPS) is 22.8. The lowest BCUT2D eigenvalue weighted by Crippen LogP contribution is -2.40. The van der Waals surface area contributed by atoms with Crippen molar-refractivity contribution >= 4 is 11.6 Å². The van der Waals surface area contributed by atoms with Crippen molar-refractivity contribution in [2.75, 3.05) is 6.54 Å². The Kier molecular flexibility index (Phi) is 3.13. The van der Waals surface area contributed by atoms with E-state index in [1.54, 1.807) is 12.1 Å². The zero-order valence-electron chi connectivity index (χ0n) is 10.1. The van der Waals surface area contributed by atoms with E-state index in [-0.39, 0.29) is 5.91 Å². The molecule has 1 N–H and O–H groups in total. The van der Waals surface area contributed by atoms with E-state index >= 15 is 0 Å². The van der Waals surface area contributed by atoms with Gasteiger partial charge in [0, 0.05) is 12.0 Å². The Morgan fingerprint density at radius 3 is 2.76 bits per heavy atom. The first kappa shape index (κ1) is 11.6. The van der Waals surface area contributed by atoms with Crippen LogP contribution in [-0.2, 0) is 4.84 Å². The molecule has 1 aromatic carbocycles. The van der Waals surface area contributed by atoms with Gasteiger partial charge in [-0.2, -0.15) is 0 Å². The first-order valence-electron chi connectivity index (χ1n) is 5.64. The molecular formula is C13H16N2O2. The highest BCUT2D eigenvalue weighted by Crippen LogP contribution is 2.22. The van der Waals surface area contributed by atoms with Crippen LogP contribution in [0.3, 0.4) is 0 Å². The predicted molar refractivity (Wildman–Crippen MR) is 66.0 cm³/mol. The Bertz CT molecular complexity index is 442. The van der Waals surface area contributed by atoms with E-state index in [2.05, 4.69) is 10.5 Å². The van der Waals surface area contributed by atoms with Crippen molar-refractivity contribution in [2.45, 2.75) is 25.9 Å². The van der Waals surface area contributed by atoms with Crippen LogP contribution in [0.4, 0.5) is 0 Å². The standard InChI is InChI=1S/C13H16N2O2/c1-10-8-13(2,17-15-10)9-14-12(16)11-6-4-3-5-7-11/h3-7H,8-9H2,1-2H3,(H,14,16)/t13-/m1/s1. The first-order valence-corrected chi connectivity index (χ1v) is 5.64. The average molecular weight is 232 g/mol. The Morgan fingerprint density at radius 2 is 2.18 bits per heavy atom. The highest BCUT2D eigenvalue weighted by Gasteiger charge is 2.32. The topological polar surface area (TPSA) is 50.7 Å². The molecule has 17 heavy (non-hydrogen) atoms. The van der Waals surface area contributed by atoms with Gasteiger partial charge in [-0.25, -0.2) is 0 Å². The van der Waals surface area contributed by atoms with Crippen LogP contribution >= 0.6 is 0 Å². The van der Waals surface area contributed by atoms with Crippen LogP contribution in [0.2, 0.25) is 0 Å². The van der Waals surface area contributed by atoms with Gasteiger partial charge in [-0.1, -0.05) is 23.4 Å². The van der Waals surface area contributed by atoms with Crippen LogP contribution in [0, 0.1) is 0 Å². The van der Waals surface area contributed by atoms with Gasteiger partial charge < -0.3 is 10.2 Å². The fourth-order valence-electron chi connectivity index (χ4n) is 1.85. The third-order valence-electron chi connectivity index (χ3n) is 2.71. The number of hydrogen-bond donors (Lipinski definition) is 1. The molecule has 0 bridgehead atoms. The largest absolute Gasteiger partial charge is 0.387 e. The minimum absolute atomic E-state index is 0.0834. The summed E-state index contributed by atoms with van der Waals surface area (Å²) in [7, 11) is 0. The summed E-state index contributed by atoms with van der Waals surface area (Å²) in [5.74, 6) is -0.0834. The van der Waals surface area contributed by atoms with E-state index in [4.69, 9.17) is 4.84 Å². The third kappa shape index (κ3) is 2.84. The Balaban J connectivity index is 1.89. The maximum absolute atomic E-state index is 11.8. The minimum atomic E-state index is -0.408. The summed E-state index contributed by atoms with van der Waals surface area (Å²) in [6.45, 7) is 4.32. The molecule has 0 spiro atoms. The Hall–Kier alpha value is -1.84. The number of carbonyl (C=O) groups is 1. The van der Waals surface area contributed by atoms with Crippen LogP contribution in [-0.4, -0.2) is 23.8 Å². The molecule has 0 aromatic heterocycles. The average Bonchev–Trinajstić information content (AvgIpc) is 2.68. The van der Waals surface area contributed by atoms with Crippen molar-refractivity contribution in [1.29, 1.82) is 0 Å². The maximum Gasteiger partial charge on any atom is 0.251 e. The van der Waals surface area contributed by atoms with Crippen LogP contribution in [0.1, 0.15) is 30.6 Å². The second kappa shape index (κ2) is 4.57. The lowest BCUT2D eigenvalue weighted by molar-refractivity contribution is -0.00181. The molecule has 1 amide bonds. The molecular weight excluding hydrogens is 216 g/mol. The van der Waals surface area contributed by atoms with Crippen molar-refractivity contribution in [3.63, 3.8) is 0 Å². The molecule has 0 saturated heterocycles. The molecule has 1 heterocycles. The SMILES string of the molecule is CC1=NO[C@@](C)(CNC(=O)c2ccccc2)C1. The second-order valence-electron chi connectivity index (χ2n) is 4.59. The van der Waals surface area contributed by atoms with Crippen molar-refractivity contribution in [3.05, 3.63) is 35.9 Å². The number of carbonyl (C=O) groups excluding carboxylic acids is 1. The van der Waals surface area contributed by atoms with Gasteiger partial charge in [0.05, 0.1) is 12.3 Å². The molecule has 4 nitrogen and oxygen atoms in total. The molecule has 0 unspecified atom stereocenters. The molecule has 1 aliphatic heterocycles. The number of nitrogens with one attached hydrogen (secondary N) is 1. The number of hydrogen-bond acceptors (Lipinski definition) is 3. The highest BCUT2D eigenvalue weighted by atomic mass is 16.7. The van der Waals surface area contributed by atoms with Crippen molar-refractivity contribution in [3.8, 4) is 0 Å². The van der Waals surface area contributed by atoms with Crippen molar-refractivity contribution < 1.29 is 9.63 Å². The zero-order chi connectivity index (χ0) is 12.3. The van der Waals surface area contributed by atoms with E-state index < -0.39 is 5.60 Å². The number of rotatable bonds is 3. The summed E-state index contributed by atoms with van der Waals surface area (Å²) < 4.78 is 0. The van der Waals surface area contributed by atoms with E-state index in [9.17, 15) is 4.79 Å². The van der Waals surface area contributed by atoms with E-state index in [0.29, 0.717) is 12.1 Å². The molecule has 1 aliphatic rings. The monoisotopic (exact) mass is 232 g/mol. The molecule has 90 valence electrons. The summed E-state index contributed by atoms with van der Waals surface area (Å²) in [5, 5.41) is 6.77. The van der Waals surface area contributed by atoms with Gasteiger partial charge in [0.2, 0.25) is 0 Å². The molecule has 0 fully saturated rings. The summed E-state index contributed by atoms with van der Waals surface area (Å²) in [4.78, 5) is 17.1. The number of benzene rings is 1. The molecule has 2 rings (SSSR count). The smallest absolute Gasteiger partial charge is 0.251 e. The lowest BCUT2D eigenvalue weighted by atomic mass is 10.0. The molecule has 1 aromatic rings. The molecule has 0 radical (unpaired) electrons. The highest BCUT2D eigenvalue weighted by molar-refractivity contribution is 5.94. The van der Waals surface area contributed by atoms with Gasteiger partial charge in [-0.15, -0.1) is 0 Å². The third-order valence-corrected chi connectivity index (χ3v) is 2.71. The summed E-state index contributed by atoms with van der Waals surface area (Å²) in [6, 6.07) is 9.14. The molecule has 0 aliphatic carbocycles. The Labute approximate surface area is 101 Å². The summed E-state index contributed by atoms with van der Waals surface area (Å²) in [5.41, 5.74) is 1.21. The molecule has 1 atom stereocenters. The first-order chi connectivity index (χ1) is 8.09. The van der Waals surface area contributed by atoms with Gasteiger partial charge in [-0.05, 0) is 26.0 Å². The fraction of sp³-hybridized carbons (Fsp3) is 0.385. The summed E-state index contributed by atoms with van der Waals surface area (Å²) >= 11 is 0. The van der Waals surface area contributed by atoms with Crippen molar-refractivity contribution in [1.82, 2.24) is 5.32 Å². The maximum atomic E-state index is 11.8. The van der Waals surface area contributed by atoms with Crippen LogP contribution in [0.15, 0.2) is 35.5 Å². The Morgan fingerprint density at radius 1 is 1.47 bits per heavy atom. The fourth-order valence-corrected chi connectivity index (χ4v) is 1.85. The van der Waals surface area contributed by atoms with E-state index in [1.165, 1.54) is 0 Å². The number of amides is 1. The van der Waals surface area contributed by atoms with Crippen LogP contribution in [0.25, 0.3) is 0 Å². The second-order valence-corrected chi connectivity index (χ2v) is 4.59. The van der Waals surface area contributed by atoms with Gasteiger partial charge in [0.15, 0.2) is 5.60 Å². The van der Waals surface area contributed by atoms with Gasteiger partial charge >= 0.3 is 0 Å². The van der Waals surface area contributed by atoms with Crippen LogP contribution in [0.5, 0.6) is 0 Å². The minimum Gasteiger partial charge on any atom is -0.387 e. The molecule has 4 heteroatoms. The van der Waals surface area contributed by atoms with E-state index in [1.807, 2.05) is 32.0 Å². The zero-order valence-corrected chi connectivity index (χ0v) is 10.1. The van der Waals surface area contributed by atoms with Gasteiger partial charge in [0.1, 0.15) is 0 Å². The number of oxime groups is 1. The summed E-state index contributed by atoms with van der Waals surface area (Å²) in [6.07, 6.45) is 0.752. The lowest BCUT2D eigenvalue weighted by Gasteiger charge is -2.21. The van der Waals surface area contributed by atoms with Crippen LogP contribution < -0.4 is 5.32 Å². The quantitative estimate of drug-likeness (QED) is 0.866. The van der Waals surface area contributed by atoms with Gasteiger partial charge in [-0.3, -0.25) is 4.79 Å². The van der Waals surface area contributed by atoms with E-state index in [0.717, 1.165) is 12.1 Å².